The summed E-state index contributed by atoms with van der Waals surface area (Å²) in [5, 5.41) is 16.0. The molecule has 0 spiro atoms. The van der Waals surface area contributed by atoms with E-state index in [0.29, 0.717) is 11.2 Å². The molecular formula is C12H11BrClN3O3. The molecule has 0 amide bonds. The van der Waals surface area contributed by atoms with Crippen LogP contribution in [0.2, 0.25) is 5.02 Å². The first-order valence-electron chi connectivity index (χ1n) is 5.65. The van der Waals surface area contributed by atoms with Crippen LogP contribution in [0.1, 0.15) is 11.3 Å². The lowest BCUT2D eigenvalue weighted by molar-refractivity contribution is -0.385. The number of nitro benzene ring substituents is 1. The van der Waals surface area contributed by atoms with Crippen LogP contribution in [0.25, 0.3) is 0 Å². The van der Waals surface area contributed by atoms with Gasteiger partial charge in [0.2, 0.25) is 11.6 Å². The molecule has 2 rings (SSSR count). The molecule has 6 nitrogen and oxygen atoms in total. The van der Waals surface area contributed by atoms with E-state index in [1.807, 2.05) is 6.92 Å². The molecule has 1 aromatic heterocycles. The molecule has 0 saturated carbocycles. The molecule has 0 atom stereocenters. The van der Waals surface area contributed by atoms with Gasteiger partial charge in [-0.2, -0.15) is 5.10 Å². The number of benzene rings is 1. The molecule has 0 fully saturated rings. The third-order valence-corrected chi connectivity index (χ3v) is 3.62. The van der Waals surface area contributed by atoms with Crippen LogP contribution in [-0.4, -0.2) is 14.7 Å². The molecule has 0 aliphatic carbocycles. The fourth-order valence-corrected chi connectivity index (χ4v) is 2.66. The fraction of sp³-hybridized carbons (Fsp3) is 0.250. The molecule has 8 heteroatoms. The predicted molar refractivity (Wildman–Crippen MR) is 78.8 cm³/mol. The van der Waals surface area contributed by atoms with E-state index in [4.69, 9.17) is 16.3 Å². The lowest BCUT2D eigenvalue weighted by Gasteiger charge is -2.09. The van der Waals surface area contributed by atoms with Crippen molar-refractivity contribution in [2.24, 2.45) is 7.05 Å². The third-order valence-electron chi connectivity index (χ3n) is 2.76. The summed E-state index contributed by atoms with van der Waals surface area (Å²) in [6.45, 7) is 1.84. The molecule has 0 aliphatic rings. The Kier molecular flexibility index (Phi) is 4.29. The van der Waals surface area contributed by atoms with E-state index in [1.54, 1.807) is 13.1 Å². The minimum absolute atomic E-state index is 0.0179. The molecule has 2 aromatic rings. The maximum Gasteiger partial charge on any atom is 0.313 e. The standard InChI is InChI=1S/C12H11BrClN3O3/c1-7-8(6-13)12(16(2)15-7)20-11-9(14)4-3-5-10(11)17(18)19/h3-5H,6H2,1-2H3. The minimum Gasteiger partial charge on any atom is -0.430 e. The number of nitrogens with zero attached hydrogens (tertiary/aromatic N) is 3. The van der Waals surface area contributed by atoms with Gasteiger partial charge in [0.1, 0.15) is 0 Å². The number of ether oxygens (including phenoxy) is 1. The Bertz CT molecular complexity index is 672. The van der Waals surface area contributed by atoms with Gasteiger partial charge in [0, 0.05) is 24.0 Å². The normalized spacial score (nSPS) is 10.6. The number of aryl methyl sites for hydroxylation is 2. The Labute approximate surface area is 128 Å². The van der Waals surface area contributed by atoms with Crippen LogP contribution in [0.5, 0.6) is 11.6 Å². The zero-order chi connectivity index (χ0) is 14.9. The van der Waals surface area contributed by atoms with Crippen molar-refractivity contribution < 1.29 is 9.66 Å². The molecule has 0 bridgehead atoms. The molecule has 106 valence electrons. The van der Waals surface area contributed by atoms with Gasteiger partial charge in [-0.25, -0.2) is 4.68 Å². The summed E-state index contributed by atoms with van der Waals surface area (Å²) in [4.78, 5) is 10.5. The van der Waals surface area contributed by atoms with E-state index in [-0.39, 0.29) is 16.5 Å². The van der Waals surface area contributed by atoms with Gasteiger partial charge in [0.15, 0.2) is 0 Å². The van der Waals surface area contributed by atoms with Crippen LogP contribution in [0.3, 0.4) is 0 Å². The Balaban J connectivity index is 2.53. The van der Waals surface area contributed by atoms with Gasteiger partial charge in [-0.3, -0.25) is 10.1 Å². The Morgan fingerprint density at radius 1 is 1.55 bits per heavy atom. The van der Waals surface area contributed by atoms with Crippen LogP contribution in [0.4, 0.5) is 5.69 Å². The second kappa shape index (κ2) is 5.80. The van der Waals surface area contributed by atoms with Gasteiger partial charge in [-0.1, -0.05) is 33.6 Å². The van der Waals surface area contributed by atoms with Crippen molar-refractivity contribution in [1.29, 1.82) is 0 Å². The molecule has 0 unspecified atom stereocenters. The first kappa shape index (κ1) is 14.8. The Hall–Kier alpha value is -1.60. The van der Waals surface area contributed by atoms with Crippen molar-refractivity contribution in [3.63, 3.8) is 0 Å². The van der Waals surface area contributed by atoms with E-state index >= 15 is 0 Å². The maximum atomic E-state index is 11.0. The van der Waals surface area contributed by atoms with Crippen LogP contribution >= 0.6 is 27.5 Å². The van der Waals surface area contributed by atoms with Gasteiger partial charge in [0.05, 0.1) is 15.6 Å². The summed E-state index contributed by atoms with van der Waals surface area (Å²) in [5.74, 6) is 0.444. The van der Waals surface area contributed by atoms with E-state index in [2.05, 4.69) is 21.0 Å². The highest BCUT2D eigenvalue weighted by Crippen LogP contribution is 2.39. The summed E-state index contributed by atoms with van der Waals surface area (Å²) >= 11 is 9.36. The summed E-state index contributed by atoms with van der Waals surface area (Å²) in [6.07, 6.45) is 0. The number of para-hydroxylation sites is 1. The largest absolute Gasteiger partial charge is 0.430 e. The van der Waals surface area contributed by atoms with E-state index in [0.717, 1.165) is 11.3 Å². The number of aromatic nitrogens is 2. The van der Waals surface area contributed by atoms with Crippen molar-refractivity contribution in [2.75, 3.05) is 0 Å². The van der Waals surface area contributed by atoms with Crippen molar-refractivity contribution in [3.05, 3.63) is 44.6 Å². The lowest BCUT2D eigenvalue weighted by atomic mass is 10.3. The zero-order valence-electron chi connectivity index (χ0n) is 10.8. The van der Waals surface area contributed by atoms with Crippen LogP contribution < -0.4 is 4.74 Å². The number of alkyl halides is 1. The van der Waals surface area contributed by atoms with Crippen LogP contribution in [0.15, 0.2) is 18.2 Å². The van der Waals surface area contributed by atoms with E-state index in [9.17, 15) is 10.1 Å². The quantitative estimate of drug-likeness (QED) is 0.470. The molecule has 0 saturated heterocycles. The second-order valence-electron chi connectivity index (χ2n) is 4.07. The van der Waals surface area contributed by atoms with E-state index < -0.39 is 4.92 Å². The molecule has 0 radical (unpaired) electrons. The first-order valence-corrected chi connectivity index (χ1v) is 7.14. The average Bonchev–Trinajstić information content (AvgIpc) is 2.65. The number of hydrogen-bond donors (Lipinski definition) is 0. The number of nitro groups is 1. The van der Waals surface area contributed by atoms with Crippen LogP contribution in [0, 0.1) is 17.0 Å². The van der Waals surface area contributed by atoms with Gasteiger partial charge < -0.3 is 4.74 Å². The molecule has 1 aromatic carbocycles. The smallest absolute Gasteiger partial charge is 0.313 e. The van der Waals surface area contributed by atoms with Crippen molar-refractivity contribution in [3.8, 4) is 11.6 Å². The molecular weight excluding hydrogens is 350 g/mol. The van der Waals surface area contributed by atoms with Gasteiger partial charge in [0.25, 0.3) is 0 Å². The van der Waals surface area contributed by atoms with Gasteiger partial charge >= 0.3 is 5.69 Å². The lowest BCUT2D eigenvalue weighted by Crippen LogP contribution is -1.99. The zero-order valence-corrected chi connectivity index (χ0v) is 13.1. The Morgan fingerprint density at radius 3 is 2.85 bits per heavy atom. The van der Waals surface area contributed by atoms with Gasteiger partial charge in [-0.05, 0) is 13.0 Å². The number of hydrogen-bond acceptors (Lipinski definition) is 4. The van der Waals surface area contributed by atoms with Gasteiger partial charge in [-0.15, -0.1) is 0 Å². The average molecular weight is 361 g/mol. The molecule has 1 heterocycles. The second-order valence-corrected chi connectivity index (χ2v) is 5.04. The van der Waals surface area contributed by atoms with Crippen molar-refractivity contribution >= 4 is 33.2 Å². The highest BCUT2D eigenvalue weighted by Gasteiger charge is 2.22. The fourth-order valence-electron chi connectivity index (χ4n) is 1.80. The predicted octanol–water partition coefficient (Wildman–Crippen LogP) is 3.98. The number of rotatable bonds is 4. The highest BCUT2D eigenvalue weighted by molar-refractivity contribution is 9.08. The molecule has 0 aliphatic heterocycles. The summed E-state index contributed by atoms with van der Waals surface area (Å²) in [6, 6.07) is 4.40. The number of halogens is 2. The minimum atomic E-state index is -0.530. The SMILES string of the molecule is Cc1nn(C)c(Oc2c(Cl)cccc2[N+](=O)[O-])c1CBr. The first-order chi connectivity index (χ1) is 9.45. The molecule has 20 heavy (non-hydrogen) atoms. The van der Waals surface area contributed by atoms with E-state index in [1.165, 1.54) is 16.8 Å². The van der Waals surface area contributed by atoms with Crippen LogP contribution in [-0.2, 0) is 12.4 Å². The van der Waals surface area contributed by atoms with Crippen molar-refractivity contribution in [2.45, 2.75) is 12.3 Å². The monoisotopic (exact) mass is 359 g/mol. The maximum absolute atomic E-state index is 11.0. The third kappa shape index (κ3) is 2.64. The van der Waals surface area contributed by atoms with Crippen molar-refractivity contribution in [1.82, 2.24) is 9.78 Å². The summed E-state index contributed by atoms with van der Waals surface area (Å²) in [5.41, 5.74) is 1.42. The summed E-state index contributed by atoms with van der Waals surface area (Å²) in [7, 11) is 1.71. The Morgan fingerprint density at radius 2 is 2.25 bits per heavy atom. The molecule has 0 N–H and O–H groups in total. The topological polar surface area (TPSA) is 70.2 Å². The highest BCUT2D eigenvalue weighted by atomic mass is 79.9. The summed E-state index contributed by atoms with van der Waals surface area (Å²) < 4.78 is 7.20.